The molecule has 2 aromatic rings. The average Bonchev–Trinajstić information content (AvgIpc) is 3.38. The van der Waals surface area contributed by atoms with Crippen molar-refractivity contribution in [2.75, 3.05) is 6.61 Å². The molecule has 1 heterocycles. The average molecular weight is 334 g/mol. The number of aromatic nitrogens is 1. The van der Waals surface area contributed by atoms with Crippen LogP contribution in [0.3, 0.4) is 0 Å². The lowest BCUT2D eigenvalue weighted by atomic mass is 10.1. The molecule has 0 aliphatic heterocycles. The van der Waals surface area contributed by atoms with E-state index < -0.39 is 17.2 Å². The van der Waals surface area contributed by atoms with E-state index in [1.165, 1.54) is 12.3 Å². The van der Waals surface area contributed by atoms with Gasteiger partial charge >= 0.3 is 5.97 Å². The van der Waals surface area contributed by atoms with E-state index in [9.17, 15) is 19.1 Å². The van der Waals surface area contributed by atoms with E-state index in [2.05, 4.69) is 0 Å². The molecule has 3 rings (SSSR count). The summed E-state index contributed by atoms with van der Waals surface area (Å²) >= 11 is 0. The Balaban J connectivity index is 2.14. The highest BCUT2D eigenvalue weighted by molar-refractivity contribution is 5.93. The van der Waals surface area contributed by atoms with E-state index in [-0.39, 0.29) is 35.4 Å². The number of carboxylic acid groups (broad SMARTS) is 1. The Morgan fingerprint density at radius 2 is 2.21 bits per heavy atom. The van der Waals surface area contributed by atoms with Gasteiger partial charge in [0.25, 0.3) is 0 Å². The first-order valence-corrected chi connectivity index (χ1v) is 7.92. The summed E-state index contributed by atoms with van der Waals surface area (Å²) in [6, 6.07) is 2.43. The molecule has 1 aliphatic rings. The van der Waals surface area contributed by atoms with Crippen molar-refractivity contribution in [3.05, 3.63) is 39.9 Å². The van der Waals surface area contributed by atoms with Crippen LogP contribution in [0.2, 0.25) is 0 Å². The second kappa shape index (κ2) is 6.24. The molecule has 24 heavy (non-hydrogen) atoms. The van der Waals surface area contributed by atoms with Crippen molar-refractivity contribution in [3.63, 3.8) is 0 Å². The lowest BCUT2D eigenvalue weighted by Gasteiger charge is -2.15. The third-order valence-corrected chi connectivity index (χ3v) is 4.23. The molecule has 6 nitrogen and oxygen atoms in total. The molecule has 1 unspecified atom stereocenters. The van der Waals surface area contributed by atoms with Crippen LogP contribution in [-0.4, -0.2) is 28.3 Å². The van der Waals surface area contributed by atoms with Crippen LogP contribution in [0, 0.1) is 5.82 Å². The summed E-state index contributed by atoms with van der Waals surface area (Å²) in [6.45, 7) is 2.07. The van der Waals surface area contributed by atoms with Crippen molar-refractivity contribution in [2.45, 2.75) is 38.3 Å². The van der Waals surface area contributed by atoms with E-state index >= 15 is 0 Å². The fourth-order valence-corrected chi connectivity index (χ4v) is 2.58. The van der Waals surface area contributed by atoms with Crippen LogP contribution in [0.5, 0.6) is 5.75 Å². The molecule has 7 heteroatoms. The highest BCUT2D eigenvalue weighted by atomic mass is 19.1. The van der Waals surface area contributed by atoms with E-state index in [0.717, 1.165) is 18.9 Å². The standard InChI is InChI=1S/C17H19FN2O4/c1-2-9(19)8-24-15-6-14-11(5-13(15)18)16(21)12(17(22)23)7-20(14)10-3-4-10/h5-7,9-10H,2-4,8,19H2,1H3,(H,22,23). The molecule has 0 spiro atoms. The molecule has 1 aromatic carbocycles. The number of carbonyl (C=O) groups is 1. The Morgan fingerprint density at radius 3 is 2.79 bits per heavy atom. The van der Waals surface area contributed by atoms with Gasteiger partial charge in [0.05, 0.1) is 5.52 Å². The van der Waals surface area contributed by atoms with Gasteiger partial charge in [0.15, 0.2) is 11.6 Å². The van der Waals surface area contributed by atoms with Gasteiger partial charge in [-0.2, -0.15) is 0 Å². The third kappa shape index (κ3) is 2.99. The fourth-order valence-electron chi connectivity index (χ4n) is 2.58. The minimum Gasteiger partial charge on any atom is -0.489 e. The Morgan fingerprint density at radius 1 is 1.50 bits per heavy atom. The van der Waals surface area contributed by atoms with Crippen LogP contribution >= 0.6 is 0 Å². The molecule has 0 saturated heterocycles. The maximum absolute atomic E-state index is 14.3. The summed E-state index contributed by atoms with van der Waals surface area (Å²) in [5.41, 5.74) is 5.22. The van der Waals surface area contributed by atoms with Gasteiger partial charge in [-0.15, -0.1) is 0 Å². The van der Waals surface area contributed by atoms with Crippen molar-refractivity contribution in [2.24, 2.45) is 5.73 Å². The molecule has 1 saturated carbocycles. The Bertz CT molecular complexity index is 858. The summed E-state index contributed by atoms with van der Waals surface area (Å²) in [5.74, 6) is -2.00. The van der Waals surface area contributed by atoms with E-state index in [1.807, 2.05) is 6.92 Å². The Kier molecular flexibility index (Phi) is 4.28. The lowest BCUT2D eigenvalue weighted by molar-refractivity contribution is 0.0695. The van der Waals surface area contributed by atoms with Crippen LogP contribution in [0.1, 0.15) is 42.6 Å². The number of nitrogens with two attached hydrogens (primary N) is 1. The molecular formula is C17H19FN2O4. The van der Waals surface area contributed by atoms with Crippen LogP contribution in [0.15, 0.2) is 23.1 Å². The van der Waals surface area contributed by atoms with Crippen molar-refractivity contribution in [1.82, 2.24) is 4.57 Å². The van der Waals surface area contributed by atoms with Crippen molar-refractivity contribution >= 4 is 16.9 Å². The topological polar surface area (TPSA) is 94.6 Å². The normalized spacial score (nSPS) is 15.5. The number of rotatable bonds is 6. The van der Waals surface area contributed by atoms with Crippen molar-refractivity contribution in [3.8, 4) is 5.75 Å². The summed E-state index contributed by atoms with van der Waals surface area (Å²) in [6.07, 6.45) is 3.82. The first-order valence-electron chi connectivity index (χ1n) is 7.92. The number of hydrogen-bond acceptors (Lipinski definition) is 4. The summed E-state index contributed by atoms with van der Waals surface area (Å²) < 4.78 is 21.4. The quantitative estimate of drug-likeness (QED) is 0.845. The number of nitrogens with zero attached hydrogens (tertiary/aromatic N) is 1. The summed E-state index contributed by atoms with van der Waals surface area (Å²) in [7, 11) is 0. The van der Waals surface area contributed by atoms with Crippen molar-refractivity contribution in [1.29, 1.82) is 0 Å². The lowest BCUT2D eigenvalue weighted by Crippen LogP contribution is -2.27. The molecule has 1 aliphatic carbocycles. The Labute approximate surface area is 137 Å². The van der Waals surface area contributed by atoms with E-state index in [0.29, 0.717) is 11.9 Å². The van der Waals surface area contributed by atoms with Gasteiger partial charge in [-0.1, -0.05) is 6.92 Å². The van der Waals surface area contributed by atoms with Crippen LogP contribution < -0.4 is 15.9 Å². The fraction of sp³-hybridized carbons (Fsp3) is 0.412. The molecular weight excluding hydrogens is 315 g/mol. The van der Waals surface area contributed by atoms with Crippen LogP contribution in [0.4, 0.5) is 4.39 Å². The molecule has 1 fully saturated rings. The second-order valence-corrected chi connectivity index (χ2v) is 6.09. The van der Waals surface area contributed by atoms with Crippen molar-refractivity contribution < 1.29 is 19.0 Å². The number of benzene rings is 1. The highest BCUT2D eigenvalue weighted by Crippen LogP contribution is 2.38. The van der Waals surface area contributed by atoms with Gasteiger partial charge < -0.3 is 20.1 Å². The smallest absolute Gasteiger partial charge is 0.341 e. The van der Waals surface area contributed by atoms with Gasteiger partial charge in [-0.25, -0.2) is 9.18 Å². The van der Waals surface area contributed by atoms with Gasteiger partial charge in [0.2, 0.25) is 5.43 Å². The number of pyridine rings is 1. The molecule has 0 radical (unpaired) electrons. The minimum absolute atomic E-state index is 0.0169. The summed E-state index contributed by atoms with van der Waals surface area (Å²) in [4.78, 5) is 23.6. The van der Waals surface area contributed by atoms with Gasteiger partial charge in [0.1, 0.15) is 12.2 Å². The van der Waals surface area contributed by atoms with Gasteiger partial charge in [-0.05, 0) is 25.3 Å². The van der Waals surface area contributed by atoms with E-state index in [1.54, 1.807) is 4.57 Å². The zero-order valence-electron chi connectivity index (χ0n) is 13.3. The Hall–Kier alpha value is -2.41. The highest BCUT2D eigenvalue weighted by Gasteiger charge is 2.27. The number of fused-ring (bicyclic) bond motifs is 1. The van der Waals surface area contributed by atoms with Crippen LogP contribution in [0.25, 0.3) is 10.9 Å². The largest absolute Gasteiger partial charge is 0.489 e. The first kappa shape index (κ1) is 16.4. The number of halogens is 1. The maximum atomic E-state index is 14.3. The number of aromatic carboxylic acids is 1. The summed E-state index contributed by atoms with van der Waals surface area (Å²) in [5, 5.41) is 9.25. The molecule has 3 N–H and O–H groups in total. The molecule has 0 bridgehead atoms. The second-order valence-electron chi connectivity index (χ2n) is 6.09. The van der Waals surface area contributed by atoms with Crippen LogP contribution in [-0.2, 0) is 0 Å². The minimum atomic E-state index is -1.31. The predicted octanol–water partition coefficient (Wildman–Crippen LogP) is 2.29. The zero-order chi connectivity index (χ0) is 17.4. The van der Waals surface area contributed by atoms with Gasteiger partial charge in [0, 0.05) is 29.7 Å². The molecule has 1 atom stereocenters. The van der Waals surface area contributed by atoms with E-state index in [4.69, 9.17) is 10.5 Å². The SMILES string of the molecule is CCC(N)COc1cc2c(cc1F)c(=O)c(C(=O)O)cn2C1CC1. The maximum Gasteiger partial charge on any atom is 0.341 e. The molecule has 1 aromatic heterocycles. The molecule has 128 valence electrons. The number of ether oxygens (including phenoxy) is 1. The molecule has 0 amide bonds. The zero-order valence-corrected chi connectivity index (χ0v) is 13.3. The third-order valence-electron chi connectivity index (χ3n) is 4.23. The number of carboxylic acids is 1. The van der Waals surface area contributed by atoms with Gasteiger partial charge in [-0.3, -0.25) is 4.79 Å². The monoisotopic (exact) mass is 334 g/mol. The number of hydrogen-bond donors (Lipinski definition) is 2. The first-order chi connectivity index (χ1) is 11.4. The predicted molar refractivity (Wildman–Crippen MR) is 87.2 cm³/mol.